The van der Waals surface area contributed by atoms with Gasteiger partial charge in [-0.2, -0.15) is 0 Å². The first-order valence-electron chi connectivity index (χ1n) is 8.88. The molecule has 10 nitrogen and oxygen atoms in total. The summed E-state index contributed by atoms with van der Waals surface area (Å²) in [5.41, 5.74) is 0.291. The third kappa shape index (κ3) is 3.58. The van der Waals surface area contributed by atoms with Crippen LogP contribution >= 0.6 is 0 Å². The van der Waals surface area contributed by atoms with Crippen molar-refractivity contribution < 1.29 is 49.3 Å². The van der Waals surface area contributed by atoms with Crippen LogP contribution < -0.4 is 0 Å². The number of aliphatic hydroxyl groups is 5. The van der Waals surface area contributed by atoms with Gasteiger partial charge < -0.3 is 44.5 Å². The molecule has 0 unspecified atom stereocenters. The lowest BCUT2D eigenvalue weighted by Crippen LogP contribution is -2.60. The molecule has 0 aromatic rings. The SMILES string of the molecule is COC(=O)C1=CO[C@@H](O[C@H]2O[C@@H](CO)[C@H](O)[C@@H](O)[C@@H]2O)[C@@H]2[C@@H](C)[C@@H](O)C[C@H]12. The van der Waals surface area contributed by atoms with Crippen LogP contribution in [0.15, 0.2) is 11.8 Å². The number of esters is 1. The third-order valence-corrected chi connectivity index (χ3v) is 5.75. The summed E-state index contributed by atoms with van der Waals surface area (Å²) >= 11 is 0. The van der Waals surface area contributed by atoms with Gasteiger partial charge in [0.1, 0.15) is 24.4 Å². The lowest BCUT2D eigenvalue weighted by atomic mass is 9.83. The summed E-state index contributed by atoms with van der Waals surface area (Å²) in [5.74, 6) is -1.63. The van der Waals surface area contributed by atoms with E-state index in [1.807, 2.05) is 0 Å². The highest BCUT2D eigenvalue weighted by Gasteiger charge is 2.53. The maximum Gasteiger partial charge on any atom is 0.337 e. The molecule has 3 aliphatic rings. The Kier molecular flexibility index (Phi) is 6.06. The van der Waals surface area contributed by atoms with E-state index in [2.05, 4.69) is 0 Å². The van der Waals surface area contributed by atoms with E-state index in [9.17, 15) is 30.3 Å². The van der Waals surface area contributed by atoms with Gasteiger partial charge in [0.15, 0.2) is 6.29 Å². The Morgan fingerprint density at radius 1 is 1.19 bits per heavy atom. The van der Waals surface area contributed by atoms with Crippen molar-refractivity contribution in [1.29, 1.82) is 0 Å². The van der Waals surface area contributed by atoms with E-state index >= 15 is 0 Å². The minimum Gasteiger partial charge on any atom is -0.472 e. The average molecular weight is 390 g/mol. The van der Waals surface area contributed by atoms with Gasteiger partial charge in [-0.15, -0.1) is 0 Å². The topological polar surface area (TPSA) is 155 Å². The maximum atomic E-state index is 12.0. The van der Waals surface area contributed by atoms with Crippen LogP contribution in [0.3, 0.4) is 0 Å². The molecule has 2 fully saturated rings. The second-order valence-corrected chi connectivity index (χ2v) is 7.25. The molecule has 0 spiro atoms. The van der Waals surface area contributed by atoms with E-state index in [1.165, 1.54) is 13.4 Å². The molecule has 154 valence electrons. The lowest BCUT2D eigenvalue weighted by Gasteiger charge is -2.43. The average Bonchev–Trinajstić information content (AvgIpc) is 2.96. The predicted octanol–water partition coefficient (Wildman–Crippen LogP) is -2.15. The van der Waals surface area contributed by atoms with Crippen molar-refractivity contribution in [2.24, 2.45) is 17.8 Å². The fourth-order valence-electron chi connectivity index (χ4n) is 4.10. The van der Waals surface area contributed by atoms with Crippen LogP contribution in [0.4, 0.5) is 0 Å². The molecule has 1 saturated heterocycles. The number of aliphatic hydroxyl groups excluding tert-OH is 5. The van der Waals surface area contributed by atoms with Crippen molar-refractivity contribution >= 4 is 5.97 Å². The van der Waals surface area contributed by atoms with Gasteiger partial charge >= 0.3 is 5.97 Å². The Morgan fingerprint density at radius 3 is 2.52 bits per heavy atom. The molecule has 0 bridgehead atoms. The molecule has 2 aliphatic heterocycles. The van der Waals surface area contributed by atoms with Gasteiger partial charge in [-0.25, -0.2) is 4.79 Å². The first-order valence-corrected chi connectivity index (χ1v) is 8.88. The lowest BCUT2D eigenvalue weighted by molar-refractivity contribution is -0.342. The summed E-state index contributed by atoms with van der Waals surface area (Å²) in [5, 5.41) is 49.4. The highest BCUT2D eigenvalue weighted by atomic mass is 16.8. The Morgan fingerprint density at radius 2 is 1.89 bits per heavy atom. The number of ether oxygens (including phenoxy) is 4. The predicted molar refractivity (Wildman–Crippen MR) is 86.6 cm³/mol. The highest BCUT2D eigenvalue weighted by molar-refractivity contribution is 5.89. The fraction of sp³-hybridized carbons (Fsp3) is 0.824. The van der Waals surface area contributed by atoms with Crippen molar-refractivity contribution in [2.45, 2.75) is 56.4 Å². The molecule has 5 N–H and O–H groups in total. The van der Waals surface area contributed by atoms with Gasteiger partial charge in [0.05, 0.1) is 31.7 Å². The number of carbonyl (C=O) groups excluding carboxylic acids is 1. The van der Waals surface area contributed by atoms with E-state index in [-0.39, 0.29) is 11.8 Å². The quantitative estimate of drug-likeness (QED) is 0.336. The molecule has 1 aliphatic carbocycles. The summed E-state index contributed by atoms with van der Waals surface area (Å²) in [4.78, 5) is 12.0. The molecule has 10 atom stereocenters. The van der Waals surface area contributed by atoms with Crippen molar-refractivity contribution in [1.82, 2.24) is 0 Å². The van der Waals surface area contributed by atoms with Crippen molar-refractivity contribution in [3.63, 3.8) is 0 Å². The maximum absolute atomic E-state index is 12.0. The second-order valence-electron chi connectivity index (χ2n) is 7.25. The molecular formula is C17H26O10. The minimum absolute atomic E-state index is 0.279. The summed E-state index contributed by atoms with van der Waals surface area (Å²) in [7, 11) is 1.25. The zero-order chi connectivity index (χ0) is 19.9. The molecule has 10 heteroatoms. The summed E-state index contributed by atoms with van der Waals surface area (Å²) in [6.45, 7) is 1.21. The number of hydrogen-bond acceptors (Lipinski definition) is 10. The minimum atomic E-state index is -1.58. The standard InChI is InChI=1S/C17H26O10/c1-6-9(19)3-7-8(15(23)24-2)5-25-16(11(6)7)27-17-14(22)13(21)12(20)10(4-18)26-17/h5-7,9-14,16-22H,3-4H2,1-2H3/t6-,7+,9-,10-,11+,12-,13+,14-,16-,17+/m0/s1. The number of rotatable bonds is 4. The Labute approximate surface area is 155 Å². The Hall–Kier alpha value is -1.27. The number of methoxy groups -OCH3 is 1. The van der Waals surface area contributed by atoms with Crippen LogP contribution in [0.5, 0.6) is 0 Å². The van der Waals surface area contributed by atoms with Crippen LogP contribution in [0.25, 0.3) is 0 Å². The number of hydrogen-bond donors (Lipinski definition) is 5. The van der Waals surface area contributed by atoms with Crippen LogP contribution in [0.2, 0.25) is 0 Å². The van der Waals surface area contributed by atoms with Crippen LogP contribution in [-0.2, 0) is 23.7 Å². The van der Waals surface area contributed by atoms with Crippen molar-refractivity contribution in [3.8, 4) is 0 Å². The molecule has 0 amide bonds. The van der Waals surface area contributed by atoms with Crippen molar-refractivity contribution in [2.75, 3.05) is 13.7 Å². The molecule has 3 rings (SSSR count). The molecule has 27 heavy (non-hydrogen) atoms. The number of fused-ring (bicyclic) bond motifs is 1. The molecular weight excluding hydrogens is 364 g/mol. The smallest absolute Gasteiger partial charge is 0.337 e. The highest BCUT2D eigenvalue weighted by Crippen LogP contribution is 2.47. The van der Waals surface area contributed by atoms with Gasteiger partial charge in [0.25, 0.3) is 0 Å². The molecule has 0 aromatic heterocycles. The zero-order valence-electron chi connectivity index (χ0n) is 15.0. The van der Waals surface area contributed by atoms with E-state index in [0.717, 1.165) is 0 Å². The second kappa shape index (κ2) is 8.00. The van der Waals surface area contributed by atoms with Crippen LogP contribution in [-0.4, -0.2) is 88.3 Å². The Balaban J connectivity index is 1.80. The molecule has 0 aromatic carbocycles. The molecule has 2 heterocycles. The van der Waals surface area contributed by atoms with Gasteiger partial charge in [0.2, 0.25) is 6.29 Å². The largest absolute Gasteiger partial charge is 0.472 e. The van der Waals surface area contributed by atoms with Crippen LogP contribution in [0.1, 0.15) is 13.3 Å². The monoisotopic (exact) mass is 390 g/mol. The number of carbonyl (C=O) groups is 1. The summed E-state index contributed by atoms with van der Waals surface area (Å²) < 4.78 is 21.4. The Bertz CT molecular complexity index is 578. The van der Waals surface area contributed by atoms with Crippen molar-refractivity contribution in [3.05, 3.63) is 11.8 Å². The van der Waals surface area contributed by atoms with E-state index in [4.69, 9.17) is 18.9 Å². The van der Waals surface area contributed by atoms with Gasteiger partial charge in [-0.05, 0) is 12.3 Å². The first-order chi connectivity index (χ1) is 12.8. The molecule has 1 saturated carbocycles. The normalized spacial score (nSPS) is 47.0. The summed E-state index contributed by atoms with van der Waals surface area (Å²) in [6.07, 6.45) is -7.25. The van der Waals surface area contributed by atoms with Gasteiger partial charge in [-0.3, -0.25) is 0 Å². The van der Waals surface area contributed by atoms with E-state index < -0.39 is 61.6 Å². The first kappa shape index (κ1) is 20.5. The van der Waals surface area contributed by atoms with E-state index in [1.54, 1.807) is 6.92 Å². The summed E-state index contributed by atoms with van der Waals surface area (Å²) in [6, 6.07) is 0. The fourth-order valence-corrected chi connectivity index (χ4v) is 4.10. The van der Waals surface area contributed by atoms with Gasteiger partial charge in [0, 0.05) is 11.8 Å². The van der Waals surface area contributed by atoms with Gasteiger partial charge in [-0.1, -0.05) is 6.92 Å². The van der Waals surface area contributed by atoms with E-state index in [0.29, 0.717) is 12.0 Å². The molecule has 0 radical (unpaired) electrons. The zero-order valence-corrected chi connectivity index (χ0v) is 15.0. The van der Waals surface area contributed by atoms with Crippen LogP contribution in [0, 0.1) is 17.8 Å². The third-order valence-electron chi connectivity index (χ3n) is 5.75.